The number of nitrogens with zero attached hydrogens (tertiary/aromatic N) is 2. The first kappa shape index (κ1) is 15.4. The molecule has 4 N–H and O–H groups in total. The molecule has 0 atom stereocenters. The molecular formula is C11H8BrF4N5. The Labute approximate surface area is 124 Å². The van der Waals surface area contributed by atoms with Crippen LogP contribution in [0, 0.1) is 5.82 Å². The quantitative estimate of drug-likeness (QED) is 0.441. The van der Waals surface area contributed by atoms with Gasteiger partial charge in [0.05, 0.1) is 5.69 Å². The number of benzene rings is 1. The van der Waals surface area contributed by atoms with Crippen molar-refractivity contribution >= 4 is 33.3 Å². The highest BCUT2D eigenvalue weighted by molar-refractivity contribution is 9.10. The number of aromatic nitrogens is 2. The topological polar surface area (TPSA) is 75.9 Å². The van der Waals surface area contributed by atoms with Crippen LogP contribution < -0.4 is 16.6 Å². The van der Waals surface area contributed by atoms with E-state index in [0.717, 1.165) is 12.1 Å². The number of nitrogens with two attached hydrogens (primary N) is 1. The number of hydrogen-bond acceptors (Lipinski definition) is 5. The summed E-state index contributed by atoms with van der Waals surface area (Å²) in [6.45, 7) is 0. The van der Waals surface area contributed by atoms with E-state index in [4.69, 9.17) is 5.84 Å². The maximum atomic E-state index is 13.0. The third-order valence-electron chi connectivity index (χ3n) is 2.32. The van der Waals surface area contributed by atoms with E-state index in [1.54, 1.807) is 0 Å². The minimum absolute atomic E-state index is 0.141. The molecule has 0 unspecified atom stereocenters. The molecule has 1 aromatic carbocycles. The molecule has 2 rings (SSSR count). The second-order valence-corrected chi connectivity index (χ2v) is 4.71. The lowest BCUT2D eigenvalue weighted by Gasteiger charge is -2.12. The van der Waals surface area contributed by atoms with Gasteiger partial charge in [-0.3, -0.25) is 0 Å². The van der Waals surface area contributed by atoms with E-state index in [1.807, 2.05) is 5.43 Å². The van der Waals surface area contributed by atoms with Crippen molar-refractivity contribution in [3.8, 4) is 0 Å². The number of hydrogen-bond donors (Lipinski definition) is 3. The van der Waals surface area contributed by atoms with Gasteiger partial charge in [0.15, 0.2) is 0 Å². The van der Waals surface area contributed by atoms with Crippen LogP contribution in [0.15, 0.2) is 28.7 Å². The van der Waals surface area contributed by atoms with Gasteiger partial charge in [-0.25, -0.2) is 20.2 Å². The number of nitrogens with one attached hydrogen (secondary N) is 2. The number of alkyl halides is 3. The zero-order valence-corrected chi connectivity index (χ0v) is 11.8. The maximum absolute atomic E-state index is 13.0. The highest BCUT2D eigenvalue weighted by atomic mass is 79.9. The molecule has 0 saturated carbocycles. The van der Waals surface area contributed by atoms with Crippen LogP contribution >= 0.6 is 15.9 Å². The fourth-order valence-corrected chi connectivity index (χ4v) is 1.89. The number of halogens is 5. The summed E-state index contributed by atoms with van der Waals surface area (Å²) in [5.74, 6) is 2.89. The summed E-state index contributed by atoms with van der Waals surface area (Å²) in [4.78, 5) is 6.57. The average molecular weight is 366 g/mol. The Hall–Kier alpha value is -1.94. The number of rotatable bonds is 3. The molecule has 0 aliphatic rings. The predicted octanol–water partition coefficient (Wildman–Crippen LogP) is 3.43. The summed E-state index contributed by atoms with van der Waals surface area (Å²) in [6, 6.07) is 4.85. The normalized spacial score (nSPS) is 11.3. The Kier molecular flexibility index (Phi) is 4.28. The van der Waals surface area contributed by atoms with Gasteiger partial charge < -0.3 is 10.7 Å². The summed E-state index contributed by atoms with van der Waals surface area (Å²) in [5, 5.41) is 2.63. The van der Waals surface area contributed by atoms with Gasteiger partial charge in [0.25, 0.3) is 0 Å². The molecule has 112 valence electrons. The third kappa shape index (κ3) is 3.79. The van der Waals surface area contributed by atoms with Gasteiger partial charge in [0, 0.05) is 10.5 Å². The largest absolute Gasteiger partial charge is 0.451 e. The molecule has 0 amide bonds. The summed E-state index contributed by atoms with van der Waals surface area (Å²) < 4.78 is 51.3. The zero-order chi connectivity index (χ0) is 15.6. The Bertz CT molecular complexity index is 662. The van der Waals surface area contributed by atoms with Crippen molar-refractivity contribution in [2.75, 3.05) is 10.7 Å². The van der Waals surface area contributed by atoms with Crippen LogP contribution in [0.5, 0.6) is 0 Å². The van der Waals surface area contributed by atoms with Crippen LogP contribution in [0.25, 0.3) is 0 Å². The Morgan fingerprint density at radius 2 is 1.76 bits per heavy atom. The van der Waals surface area contributed by atoms with Gasteiger partial charge in [0.1, 0.15) is 17.5 Å². The van der Waals surface area contributed by atoms with E-state index in [-0.39, 0.29) is 11.6 Å². The van der Waals surface area contributed by atoms with E-state index in [2.05, 4.69) is 31.2 Å². The van der Waals surface area contributed by atoms with Crippen molar-refractivity contribution < 1.29 is 17.6 Å². The maximum Gasteiger partial charge on any atom is 0.451 e. The van der Waals surface area contributed by atoms with Crippen molar-refractivity contribution in [3.05, 3.63) is 40.4 Å². The standard InChI is InChI=1S/C11H8BrF4N5/c12-6-3-5(13)1-2-7(6)18-8-4-9(21-17)20-10(19-8)11(14,15)16/h1-4H,17H2,(H2,18,19,20,21). The highest BCUT2D eigenvalue weighted by Crippen LogP contribution is 2.30. The number of anilines is 3. The van der Waals surface area contributed by atoms with Crippen molar-refractivity contribution in [1.82, 2.24) is 9.97 Å². The highest BCUT2D eigenvalue weighted by Gasteiger charge is 2.35. The first-order valence-corrected chi connectivity index (χ1v) is 6.24. The first-order chi connectivity index (χ1) is 9.79. The Morgan fingerprint density at radius 1 is 1.10 bits per heavy atom. The van der Waals surface area contributed by atoms with Gasteiger partial charge in [-0.15, -0.1) is 0 Å². The Morgan fingerprint density at radius 3 is 2.33 bits per heavy atom. The van der Waals surface area contributed by atoms with Crippen LogP contribution in [0.4, 0.5) is 34.9 Å². The van der Waals surface area contributed by atoms with Gasteiger partial charge in [-0.1, -0.05) is 0 Å². The van der Waals surface area contributed by atoms with Crippen molar-refractivity contribution in [1.29, 1.82) is 0 Å². The fourth-order valence-electron chi connectivity index (χ4n) is 1.44. The molecule has 2 aromatic rings. The smallest absolute Gasteiger partial charge is 0.339 e. The predicted molar refractivity (Wildman–Crippen MR) is 72.2 cm³/mol. The van der Waals surface area contributed by atoms with E-state index < -0.39 is 17.8 Å². The van der Waals surface area contributed by atoms with Crippen LogP contribution in [-0.2, 0) is 6.18 Å². The summed E-state index contributed by atoms with van der Waals surface area (Å²) >= 11 is 3.09. The third-order valence-corrected chi connectivity index (χ3v) is 2.98. The van der Waals surface area contributed by atoms with E-state index in [0.29, 0.717) is 10.2 Å². The molecule has 1 heterocycles. The lowest BCUT2D eigenvalue weighted by molar-refractivity contribution is -0.144. The lowest BCUT2D eigenvalue weighted by Crippen LogP contribution is -2.16. The molecule has 21 heavy (non-hydrogen) atoms. The van der Waals surface area contributed by atoms with Crippen LogP contribution in [0.1, 0.15) is 5.82 Å². The minimum Gasteiger partial charge on any atom is -0.339 e. The second kappa shape index (κ2) is 5.82. The molecule has 10 heteroatoms. The van der Waals surface area contributed by atoms with Crippen LogP contribution in [-0.4, -0.2) is 9.97 Å². The van der Waals surface area contributed by atoms with E-state index in [9.17, 15) is 17.6 Å². The van der Waals surface area contributed by atoms with Gasteiger partial charge in [-0.2, -0.15) is 13.2 Å². The van der Waals surface area contributed by atoms with Crippen LogP contribution in [0.2, 0.25) is 0 Å². The van der Waals surface area contributed by atoms with Crippen molar-refractivity contribution in [3.63, 3.8) is 0 Å². The molecule has 0 radical (unpaired) electrons. The van der Waals surface area contributed by atoms with Crippen LogP contribution in [0.3, 0.4) is 0 Å². The molecule has 0 aliphatic carbocycles. The number of hydrazine groups is 1. The monoisotopic (exact) mass is 365 g/mol. The molecule has 5 nitrogen and oxygen atoms in total. The SMILES string of the molecule is NNc1cc(Nc2ccc(F)cc2Br)nc(C(F)(F)F)n1. The molecular weight excluding hydrogens is 358 g/mol. The molecule has 0 aliphatic heterocycles. The second-order valence-electron chi connectivity index (χ2n) is 3.85. The van der Waals surface area contributed by atoms with Gasteiger partial charge >= 0.3 is 6.18 Å². The average Bonchev–Trinajstić information content (AvgIpc) is 2.40. The summed E-state index contributed by atoms with van der Waals surface area (Å²) in [6.07, 6.45) is -4.72. The lowest BCUT2D eigenvalue weighted by atomic mass is 10.3. The molecule has 0 spiro atoms. The molecule has 0 bridgehead atoms. The molecule has 0 fully saturated rings. The van der Waals surface area contributed by atoms with Gasteiger partial charge in [-0.05, 0) is 34.1 Å². The molecule has 1 aromatic heterocycles. The summed E-state index contributed by atoms with van der Waals surface area (Å²) in [7, 11) is 0. The van der Waals surface area contributed by atoms with Gasteiger partial charge in [0.2, 0.25) is 5.82 Å². The zero-order valence-electron chi connectivity index (χ0n) is 10.2. The van der Waals surface area contributed by atoms with E-state index >= 15 is 0 Å². The van der Waals surface area contributed by atoms with Crippen molar-refractivity contribution in [2.45, 2.75) is 6.18 Å². The minimum atomic E-state index is -4.72. The van der Waals surface area contributed by atoms with Crippen molar-refractivity contribution in [2.24, 2.45) is 5.84 Å². The fraction of sp³-hybridized carbons (Fsp3) is 0.0909. The number of nitrogen functional groups attached to an aromatic ring is 1. The molecule has 0 saturated heterocycles. The van der Waals surface area contributed by atoms with E-state index in [1.165, 1.54) is 12.1 Å². The summed E-state index contributed by atoms with van der Waals surface area (Å²) in [5.41, 5.74) is 2.37. The first-order valence-electron chi connectivity index (χ1n) is 5.44. The Balaban J connectivity index is 2.39.